The van der Waals surface area contributed by atoms with Crippen molar-refractivity contribution in [3.05, 3.63) is 0 Å². The summed E-state index contributed by atoms with van der Waals surface area (Å²) in [6.07, 6.45) is 6.03. The molecule has 0 aliphatic carbocycles. The Morgan fingerprint density at radius 3 is 2.67 bits per heavy atom. The number of nitrogens with one attached hydrogen (secondary N) is 1. The third-order valence-electron chi connectivity index (χ3n) is 4.20. The number of hydrogen-bond acceptors (Lipinski definition) is 4. The lowest BCUT2D eigenvalue weighted by Gasteiger charge is -2.47. The fraction of sp³-hybridized carbons (Fsp3) is 0.923. The molecule has 1 amide bonds. The van der Waals surface area contributed by atoms with E-state index in [-0.39, 0.29) is 12.5 Å². The van der Waals surface area contributed by atoms with Crippen LogP contribution in [0.25, 0.3) is 0 Å². The third-order valence-corrected chi connectivity index (χ3v) is 4.20. The number of carbonyl (C=O) groups is 1. The van der Waals surface area contributed by atoms with Gasteiger partial charge in [-0.3, -0.25) is 4.79 Å². The molecule has 2 aliphatic rings. The molecular weight excluding hydrogens is 230 g/mol. The fourth-order valence-corrected chi connectivity index (χ4v) is 3.25. The third kappa shape index (κ3) is 3.43. The van der Waals surface area contributed by atoms with Gasteiger partial charge in [0.05, 0.1) is 6.61 Å². The molecule has 0 spiro atoms. The molecule has 2 rings (SSSR count). The van der Waals surface area contributed by atoms with E-state index < -0.39 is 0 Å². The first-order valence-electron chi connectivity index (χ1n) is 7.00. The Labute approximate surface area is 109 Å². The Morgan fingerprint density at radius 1 is 1.39 bits per heavy atom. The number of nitrogens with two attached hydrogens (primary N) is 1. The fourth-order valence-electron chi connectivity index (χ4n) is 3.25. The van der Waals surface area contributed by atoms with Gasteiger partial charge in [0.25, 0.3) is 0 Å². The van der Waals surface area contributed by atoms with Crippen LogP contribution in [0.5, 0.6) is 0 Å². The van der Waals surface area contributed by atoms with Crippen LogP contribution >= 0.6 is 0 Å². The van der Waals surface area contributed by atoms with E-state index >= 15 is 0 Å². The van der Waals surface area contributed by atoms with Crippen LogP contribution in [0.2, 0.25) is 0 Å². The first-order valence-corrected chi connectivity index (χ1v) is 7.00. The van der Waals surface area contributed by atoms with Crippen LogP contribution in [-0.2, 0) is 9.53 Å². The first-order chi connectivity index (χ1) is 8.70. The van der Waals surface area contributed by atoms with Crippen molar-refractivity contribution in [2.24, 2.45) is 5.73 Å². The molecule has 104 valence electrons. The average Bonchev–Trinajstić information content (AvgIpc) is 2.31. The summed E-state index contributed by atoms with van der Waals surface area (Å²) in [5.41, 5.74) is 5.31. The van der Waals surface area contributed by atoms with Gasteiger partial charge in [-0.2, -0.15) is 0 Å². The minimum Gasteiger partial charge on any atom is -0.370 e. The molecule has 2 heterocycles. The van der Waals surface area contributed by atoms with Crippen LogP contribution < -0.4 is 11.1 Å². The van der Waals surface area contributed by atoms with Crippen LogP contribution in [-0.4, -0.2) is 55.7 Å². The largest absolute Gasteiger partial charge is 0.370 e. The van der Waals surface area contributed by atoms with Crippen LogP contribution in [0.1, 0.15) is 32.1 Å². The summed E-state index contributed by atoms with van der Waals surface area (Å²) in [5.74, 6) is -0.00363. The van der Waals surface area contributed by atoms with E-state index in [9.17, 15) is 4.79 Å². The predicted octanol–water partition coefficient (Wildman–Crippen LogP) is 0.0932. The molecule has 0 saturated carbocycles. The quantitative estimate of drug-likeness (QED) is 0.683. The number of carbonyl (C=O) groups excluding carboxylic acids is 1. The van der Waals surface area contributed by atoms with Crippen molar-refractivity contribution in [2.75, 3.05) is 26.8 Å². The normalized spacial score (nSPS) is 32.2. The maximum absolute atomic E-state index is 11.7. The number of ether oxygens (including phenoxy) is 1. The number of nitrogens with zero attached hydrogens (tertiary/aromatic N) is 1. The topological polar surface area (TPSA) is 67.6 Å². The summed E-state index contributed by atoms with van der Waals surface area (Å²) in [6.45, 7) is 1.05. The Kier molecular flexibility index (Phi) is 4.97. The summed E-state index contributed by atoms with van der Waals surface area (Å²) in [7, 11) is 2.22. The lowest BCUT2D eigenvalue weighted by atomic mass is 9.82. The Morgan fingerprint density at radius 2 is 2.06 bits per heavy atom. The molecular formula is C13H25N3O2. The van der Waals surface area contributed by atoms with Gasteiger partial charge in [-0.05, 0) is 32.7 Å². The number of piperidine rings is 2. The zero-order valence-electron chi connectivity index (χ0n) is 11.2. The minimum atomic E-state index is -0.00363. The zero-order chi connectivity index (χ0) is 13.0. The van der Waals surface area contributed by atoms with Crippen LogP contribution in [0, 0.1) is 0 Å². The van der Waals surface area contributed by atoms with Gasteiger partial charge in [0.15, 0.2) is 0 Å². The molecule has 5 nitrogen and oxygen atoms in total. The maximum Gasteiger partial charge on any atom is 0.246 e. The van der Waals surface area contributed by atoms with E-state index in [1.807, 2.05) is 0 Å². The van der Waals surface area contributed by atoms with E-state index in [0.29, 0.717) is 31.3 Å². The van der Waals surface area contributed by atoms with E-state index in [1.165, 1.54) is 19.3 Å². The lowest BCUT2D eigenvalue weighted by Crippen LogP contribution is -2.55. The molecule has 0 aromatic rings. The van der Waals surface area contributed by atoms with Gasteiger partial charge in [-0.1, -0.05) is 6.42 Å². The van der Waals surface area contributed by atoms with Gasteiger partial charge in [-0.15, -0.1) is 0 Å². The molecule has 5 heteroatoms. The minimum absolute atomic E-state index is 0.00363. The summed E-state index contributed by atoms with van der Waals surface area (Å²) >= 11 is 0. The van der Waals surface area contributed by atoms with Gasteiger partial charge in [0, 0.05) is 24.7 Å². The molecule has 2 aliphatic heterocycles. The number of hydrogen-bond donors (Lipinski definition) is 2. The predicted molar refractivity (Wildman–Crippen MR) is 70.2 cm³/mol. The molecule has 0 aromatic carbocycles. The summed E-state index contributed by atoms with van der Waals surface area (Å²) in [4.78, 5) is 14.2. The van der Waals surface area contributed by atoms with Gasteiger partial charge in [0.1, 0.15) is 6.61 Å². The first kappa shape index (κ1) is 13.8. The molecule has 2 atom stereocenters. The Balaban J connectivity index is 1.75. The van der Waals surface area contributed by atoms with Crippen LogP contribution in [0.3, 0.4) is 0 Å². The van der Waals surface area contributed by atoms with Crippen molar-refractivity contribution >= 4 is 5.91 Å². The molecule has 0 aromatic heterocycles. The molecule has 2 fully saturated rings. The molecule has 3 N–H and O–H groups in total. The number of amides is 1. The molecule has 2 saturated heterocycles. The molecule has 18 heavy (non-hydrogen) atoms. The monoisotopic (exact) mass is 255 g/mol. The van der Waals surface area contributed by atoms with Crippen molar-refractivity contribution < 1.29 is 9.53 Å². The standard InChI is InChI=1S/C13H25N3O2/c1-16-11-3-2-4-12(16)8-10(7-11)15-13(17)9-18-6-5-14/h10-12H,2-9,14H2,1H3,(H,15,17). The summed E-state index contributed by atoms with van der Waals surface area (Å²) < 4.78 is 5.15. The van der Waals surface area contributed by atoms with Gasteiger partial charge >= 0.3 is 0 Å². The number of rotatable bonds is 5. The highest BCUT2D eigenvalue weighted by Gasteiger charge is 2.36. The smallest absolute Gasteiger partial charge is 0.246 e. The molecule has 2 bridgehead atoms. The highest BCUT2D eigenvalue weighted by Crippen LogP contribution is 2.32. The van der Waals surface area contributed by atoms with Crippen LogP contribution in [0.4, 0.5) is 0 Å². The van der Waals surface area contributed by atoms with E-state index in [0.717, 1.165) is 12.8 Å². The average molecular weight is 255 g/mol. The van der Waals surface area contributed by atoms with Crippen molar-refractivity contribution in [3.8, 4) is 0 Å². The van der Waals surface area contributed by atoms with E-state index in [1.54, 1.807) is 0 Å². The second-order valence-corrected chi connectivity index (χ2v) is 5.48. The Bertz CT molecular complexity index is 271. The highest BCUT2D eigenvalue weighted by molar-refractivity contribution is 5.77. The summed E-state index contributed by atoms with van der Waals surface area (Å²) in [6, 6.07) is 1.62. The van der Waals surface area contributed by atoms with Gasteiger partial charge < -0.3 is 20.7 Å². The van der Waals surface area contributed by atoms with Crippen molar-refractivity contribution in [1.82, 2.24) is 10.2 Å². The number of fused-ring (bicyclic) bond motifs is 2. The maximum atomic E-state index is 11.7. The lowest BCUT2D eigenvalue weighted by molar-refractivity contribution is -0.127. The van der Waals surface area contributed by atoms with Crippen LogP contribution in [0.15, 0.2) is 0 Å². The molecule has 0 radical (unpaired) electrons. The Hall–Kier alpha value is -0.650. The van der Waals surface area contributed by atoms with Crippen molar-refractivity contribution in [3.63, 3.8) is 0 Å². The van der Waals surface area contributed by atoms with Crippen molar-refractivity contribution in [1.29, 1.82) is 0 Å². The van der Waals surface area contributed by atoms with Gasteiger partial charge in [0.2, 0.25) is 5.91 Å². The second-order valence-electron chi connectivity index (χ2n) is 5.48. The summed E-state index contributed by atoms with van der Waals surface area (Å²) in [5, 5.41) is 3.10. The van der Waals surface area contributed by atoms with E-state index in [2.05, 4.69) is 17.3 Å². The van der Waals surface area contributed by atoms with Crippen molar-refractivity contribution in [2.45, 2.75) is 50.2 Å². The highest BCUT2D eigenvalue weighted by atomic mass is 16.5. The van der Waals surface area contributed by atoms with E-state index in [4.69, 9.17) is 10.5 Å². The second kappa shape index (κ2) is 6.50. The van der Waals surface area contributed by atoms with Gasteiger partial charge in [-0.25, -0.2) is 0 Å². The zero-order valence-corrected chi connectivity index (χ0v) is 11.2. The SMILES string of the molecule is CN1C2CCCC1CC(NC(=O)COCCN)C2. The molecule has 2 unspecified atom stereocenters.